The van der Waals surface area contributed by atoms with Crippen LogP contribution in [0.5, 0.6) is 0 Å². The molecule has 18 heavy (non-hydrogen) atoms. The van der Waals surface area contributed by atoms with Gasteiger partial charge in [0.15, 0.2) is 0 Å². The summed E-state index contributed by atoms with van der Waals surface area (Å²) in [5, 5.41) is 3.59. The number of benzene rings is 1. The van der Waals surface area contributed by atoms with Gasteiger partial charge in [0.05, 0.1) is 0 Å². The minimum atomic E-state index is 0.483. The van der Waals surface area contributed by atoms with Crippen molar-refractivity contribution in [3.63, 3.8) is 0 Å². The van der Waals surface area contributed by atoms with E-state index < -0.39 is 0 Å². The van der Waals surface area contributed by atoms with Crippen molar-refractivity contribution in [2.24, 2.45) is 16.7 Å². The standard InChI is InChI=1S/C16H26N2/c1-15(2)14(16(15,3)4)11-18-9-8-12-6-5-7-13(17)10-12/h5-7,10,14,18H,8-9,11,17H2,1-4H3. The third kappa shape index (κ3) is 2.39. The Morgan fingerprint density at radius 2 is 1.83 bits per heavy atom. The first-order chi connectivity index (χ1) is 8.35. The summed E-state index contributed by atoms with van der Waals surface area (Å²) in [6.45, 7) is 11.7. The van der Waals surface area contributed by atoms with Crippen molar-refractivity contribution in [1.29, 1.82) is 0 Å². The lowest BCUT2D eigenvalue weighted by atomic mass is 10.0. The van der Waals surface area contributed by atoms with Gasteiger partial charge in [0.25, 0.3) is 0 Å². The van der Waals surface area contributed by atoms with Crippen LogP contribution >= 0.6 is 0 Å². The molecule has 0 radical (unpaired) electrons. The highest BCUT2D eigenvalue weighted by Crippen LogP contribution is 2.67. The maximum atomic E-state index is 5.77. The van der Waals surface area contributed by atoms with Crippen molar-refractivity contribution >= 4 is 5.69 Å². The fraction of sp³-hybridized carbons (Fsp3) is 0.625. The van der Waals surface area contributed by atoms with E-state index in [1.54, 1.807) is 0 Å². The maximum Gasteiger partial charge on any atom is 0.0316 e. The number of nitrogens with one attached hydrogen (secondary N) is 1. The van der Waals surface area contributed by atoms with Crippen molar-refractivity contribution in [3.05, 3.63) is 29.8 Å². The first kappa shape index (κ1) is 13.4. The fourth-order valence-corrected chi connectivity index (χ4v) is 3.07. The summed E-state index contributed by atoms with van der Waals surface area (Å²) in [4.78, 5) is 0. The quantitative estimate of drug-likeness (QED) is 0.619. The molecule has 0 atom stereocenters. The summed E-state index contributed by atoms with van der Waals surface area (Å²) >= 11 is 0. The Kier molecular flexibility index (Phi) is 3.41. The molecule has 0 saturated heterocycles. The average Bonchev–Trinajstić information content (AvgIpc) is 2.66. The number of anilines is 1. The molecule has 1 aliphatic carbocycles. The van der Waals surface area contributed by atoms with Crippen molar-refractivity contribution < 1.29 is 0 Å². The zero-order valence-corrected chi connectivity index (χ0v) is 12.1. The molecular formula is C16H26N2. The highest BCUT2D eigenvalue weighted by Gasteiger charge is 2.63. The minimum absolute atomic E-state index is 0.483. The van der Waals surface area contributed by atoms with E-state index in [2.05, 4.69) is 45.1 Å². The van der Waals surface area contributed by atoms with Gasteiger partial charge in [-0.25, -0.2) is 0 Å². The Hall–Kier alpha value is -1.02. The molecule has 2 nitrogen and oxygen atoms in total. The molecule has 1 aromatic rings. The van der Waals surface area contributed by atoms with E-state index in [1.165, 1.54) is 5.56 Å². The second kappa shape index (κ2) is 4.58. The molecule has 0 heterocycles. The Morgan fingerprint density at radius 1 is 1.17 bits per heavy atom. The van der Waals surface area contributed by atoms with Gasteiger partial charge in [0.2, 0.25) is 0 Å². The van der Waals surface area contributed by atoms with Gasteiger partial charge in [-0.1, -0.05) is 39.8 Å². The molecule has 0 bridgehead atoms. The van der Waals surface area contributed by atoms with Crippen LogP contribution in [0.4, 0.5) is 5.69 Å². The number of hydrogen-bond acceptors (Lipinski definition) is 2. The smallest absolute Gasteiger partial charge is 0.0316 e. The maximum absolute atomic E-state index is 5.77. The van der Waals surface area contributed by atoms with Gasteiger partial charge < -0.3 is 11.1 Å². The van der Waals surface area contributed by atoms with Crippen LogP contribution in [-0.2, 0) is 6.42 Å². The zero-order chi connectivity index (χ0) is 13.4. The van der Waals surface area contributed by atoms with Crippen molar-refractivity contribution in [3.8, 4) is 0 Å². The summed E-state index contributed by atoms with van der Waals surface area (Å²) in [5.41, 5.74) is 8.91. The van der Waals surface area contributed by atoms with Gasteiger partial charge in [-0.2, -0.15) is 0 Å². The SMILES string of the molecule is CC1(C)C(CNCCc2cccc(N)c2)C1(C)C. The Labute approximate surface area is 111 Å². The number of rotatable bonds is 5. The first-order valence-electron chi connectivity index (χ1n) is 6.91. The van der Waals surface area contributed by atoms with Crippen LogP contribution in [0.25, 0.3) is 0 Å². The highest BCUT2D eigenvalue weighted by atomic mass is 14.9. The van der Waals surface area contributed by atoms with Crippen LogP contribution in [0.15, 0.2) is 24.3 Å². The molecule has 0 aromatic heterocycles. The van der Waals surface area contributed by atoms with Crippen LogP contribution in [0, 0.1) is 16.7 Å². The van der Waals surface area contributed by atoms with Crippen LogP contribution in [-0.4, -0.2) is 13.1 Å². The van der Waals surface area contributed by atoms with Gasteiger partial charge in [0, 0.05) is 5.69 Å². The molecule has 1 aliphatic rings. The van der Waals surface area contributed by atoms with E-state index in [0.717, 1.165) is 31.1 Å². The molecule has 0 spiro atoms. The molecule has 1 aromatic carbocycles. The molecule has 1 saturated carbocycles. The lowest BCUT2D eigenvalue weighted by Crippen LogP contribution is -2.22. The molecule has 2 rings (SSSR count). The van der Waals surface area contributed by atoms with Gasteiger partial charge in [-0.3, -0.25) is 0 Å². The molecule has 0 unspecified atom stereocenters. The first-order valence-corrected chi connectivity index (χ1v) is 6.91. The van der Waals surface area contributed by atoms with Crippen LogP contribution in [0.2, 0.25) is 0 Å². The van der Waals surface area contributed by atoms with E-state index in [-0.39, 0.29) is 0 Å². The zero-order valence-electron chi connectivity index (χ0n) is 12.1. The number of nitrogen functional groups attached to an aromatic ring is 1. The minimum Gasteiger partial charge on any atom is -0.399 e. The normalized spacial score (nSPS) is 20.9. The molecule has 0 aliphatic heterocycles. The number of hydrogen-bond donors (Lipinski definition) is 2. The van der Waals surface area contributed by atoms with Crippen molar-refractivity contribution in [2.75, 3.05) is 18.8 Å². The lowest BCUT2D eigenvalue weighted by molar-refractivity contribution is 0.457. The van der Waals surface area contributed by atoms with Gasteiger partial charge >= 0.3 is 0 Å². The fourth-order valence-electron chi connectivity index (χ4n) is 3.07. The summed E-state index contributed by atoms with van der Waals surface area (Å²) in [5.74, 6) is 0.797. The van der Waals surface area contributed by atoms with Gasteiger partial charge in [-0.05, 0) is 54.0 Å². The molecule has 2 heteroatoms. The molecule has 1 fully saturated rings. The summed E-state index contributed by atoms with van der Waals surface area (Å²) in [6, 6.07) is 8.17. The number of nitrogens with two attached hydrogens (primary N) is 1. The molecule has 100 valence electrons. The second-order valence-corrected chi connectivity index (χ2v) is 6.70. The van der Waals surface area contributed by atoms with E-state index in [0.29, 0.717) is 10.8 Å². The third-order valence-corrected chi connectivity index (χ3v) is 5.21. The summed E-state index contributed by atoms with van der Waals surface area (Å²) in [7, 11) is 0. The van der Waals surface area contributed by atoms with Gasteiger partial charge in [0.1, 0.15) is 0 Å². The van der Waals surface area contributed by atoms with E-state index in [9.17, 15) is 0 Å². The molecule has 3 N–H and O–H groups in total. The Bertz CT molecular complexity index is 407. The lowest BCUT2D eigenvalue weighted by Gasteiger charge is -2.06. The predicted octanol–water partition coefficient (Wildman–Crippen LogP) is 3.08. The van der Waals surface area contributed by atoms with Crippen LogP contribution in [0.1, 0.15) is 33.3 Å². The Balaban J connectivity index is 1.72. The van der Waals surface area contributed by atoms with Crippen LogP contribution < -0.4 is 11.1 Å². The van der Waals surface area contributed by atoms with Crippen LogP contribution in [0.3, 0.4) is 0 Å². The van der Waals surface area contributed by atoms with Crippen molar-refractivity contribution in [1.82, 2.24) is 5.32 Å². The Morgan fingerprint density at radius 3 is 2.39 bits per heavy atom. The predicted molar refractivity (Wildman–Crippen MR) is 78.5 cm³/mol. The monoisotopic (exact) mass is 246 g/mol. The highest BCUT2D eigenvalue weighted by molar-refractivity contribution is 5.40. The van der Waals surface area contributed by atoms with E-state index >= 15 is 0 Å². The molecule has 0 amide bonds. The summed E-state index contributed by atoms with van der Waals surface area (Å²) in [6.07, 6.45) is 1.05. The van der Waals surface area contributed by atoms with Gasteiger partial charge in [-0.15, -0.1) is 0 Å². The average molecular weight is 246 g/mol. The summed E-state index contributed by atoms with van der Waals surface area (Å²) < 4.78 is 0. The third-order valence-electron chi connectivity index (χ3n) is 5.21. The second-order valence-electron chi connectivity index (χ2n) is 6.70. The van der Waals surface area contributed by atoms with Crippen molar-refractivity contribution in [2.45, 2.75) is 34.1 Å². The van der Waals surface area contributed by atoms with E-state index in [1.807, 2.05) is 12.1 Å². The molecular weight excluding hydrogens is 220 g/mol. The van der Waals surface area contributed by atoms with E-state index in [4.69, 9.17) is 5.73 Å². The largest absolute Gasteiger partial charge is 0.399 e. The topological polar surface area (TPSA) is 38.0 Å².